The first kappa shape index (κ1) is 14.8. The molecule has 0 bridgehead atoms. The molecule has 0 saturated heterocycles. The van der Waals surface area contributed by atoms with Crippen molar-refractivity contribution in [3.63, 3.8) is 0 Å². The number of benzene rings is 3. The van der Waals surface area contributed by atoms with Crippen molar-refractivity contribution in [2.75, 3.05) is 0 Å². The van der Waals surface area contributed by atoms with Crippen molar-refractivity contribution >= 4 is 11.8 Å². The minimum absolute atomic E-state index is 0.718. The molecule has 0 radical (unpaired) electrons. The molecule has 0 spiro atoms. The summed E-state index contributed by atoms with van der Waals surface area (Å²) in [7, 11) is 0. The highest BCUT2D eigenvalue weighted by Gasteiger charge is 2.02. The van der Waals surface area contributed by atoms with Crippen LogP contribution in [0.15, 0.2) is 85.1 Å². The van der Waals surface area contributed by atoms with Gasteiger partial charge in [0, 0.05) is 18.0 Å². The molecule has 0 aliphatic carbocycles. The highest BCUT2D eigenvalue weighted by molar-refractivity contribution is 6.08. The fourth-order valence-electron chi connectivity index (χ4n) is 2.57. The van der Waals surface area contributed by atoms with Crippen molar-refractivity contribution in [1.29, 1.82) is 5.41 Å². The molecule has 0 fully saturated rings. The van der Waals surface area contributed by atoms with Gasteiger partial charge in [-0.2, -0.15) is 0 Å². The summed E-state index contributed by atoms with van der Waals surface area (Å²) in [6.45, 7) is 0. The van der Waals surface area contributed by atoms with Crippen molar-refractivity contribution in [3.05, 3.63) is 90.6 Å². The average Bonchev–Trinajstić information content (AvgIpc) is 2.64. The molecule has 2 nitrogen and oxygen atoms in total. The van der Waals surface area contributed by atoms with Crippen LogP contribution >= 0.6 is 0 Å². The lowest BCUT2D eigenvalue weighted by Gasteiger charge is -2.06. The van der Waals surface area contributed by atoms with E-state index in [-0.39, 0.29) is 0 Å². The van der Waals surface area contributed by atoms with E-state index in [2.05, 4.69) is 48.5 Å². The average molecular weight is 298 g/mol. The van der Waals surface area contributed by atoms with Crippen LogP contribution in [-0.4, -0.2) is 6.21 Å². The SMILES string of the molecule is N=C/C(=C\N)c1ccc(-c2ccc(-c3ccccc3)cc2)cc1. The first-order valence-corrected chi connectivity index (χ1v) is 7.50. The molecule has 0 heterocycles. The molecule has 0 atom stereocenters. The number of rotatable bonds is 4. The van der Waals surface area contributed by atoms with Gasteiger partial charge in [0.25, 0.3) is 0 Å². The molecule has 0 amide bonds. The molecule has 0 aliphatic rings. The summed E-state index contributed by atoms with van der Waals surface area (Å²) >= 11 is 0. The number of hydrogen-bond donors (Lipinski definition) is 2. The molecular weight excluding hydrogens is 280 g/mol. The van der Waals surface area contributed by atoms with Crippen LogP contribution in [0.1, 0.15) is 5.56 Å². The second-order valence-electron chi connectivity index (χ2n) is 5.29. The summed E-state index contributed by atoms with van der Waals surface area (Å²) in [6.07, 6.45) is 2.72. The number of allylic oxidation sites excluding steroid dienone is 1. The zero-order chi connectivity index (χ0) is 16.1. The summed E-state index contributed by atoms with van der Waals surface area (Å²) in [6, 6.07) is 27.0. The van der Waals surface area contributed by atoms with Crippen LogP contribution in [0.3, 0.4) is 0 Å². The lowest BCUT2D eigenvalue weighted by Crippen LogP contribution is -1.90. The largest absolute Gasteiger partial charge is 0.404 e. The van der Waals surface area contributed by atoms with Gasteiger partial charge in [-0.15, -0.1) is 0 Å². The highest BCUT2D eigenvalue weighted by Crippen LogP contribution is 2.25. The molecule has 23 heavy (non-hydrogen) atoms. The van der Waals surface area contributed by atoms with Crippen LogP contribution < -0.4 is 5.73 Å². The van der Waals surface area contributed by atoms with E-state index in [0.717, 1.165) is 16.7 Å². The Morgan fingerprint density at radius 3 is 1.52 bits per heavy atom. The van der Waals surface area contributed by atoms with Gasteiger partial charge in [-0.1, -0.05) is 78.9 Å². The smallest absolute Gasteiger partial charge is 0.0270 e. The maximum absolute atomic E-state index is 7.35. The molecule has 0 saturated carbocycles. The maximum atomic E-state index is 7.35. The van der Waals surface area contributed by atoms with Crippen molar-refractivity contribution in [2.45, 2.75) is 0 Å². The Morgan fingerprint density at radius 1 is 0.652 bits per heavy atom. The number of hydrogen-bond acceptors (Lipinski definition) is 2. The molecular formula is C21H18N2. The second kappa shape index (κ2) is 6.75. The van der Waals surface area contributed by atoms with E-state index in [4.69, 9.17) is 11.1 Å². The fraction of sp³-hybridized carbons (Fsp3) is 0. The Labute approximate surface area is 136 Å². The predicted molar refractivity (Wildman–Crippen MR) is 98.3 cm³/mol. The molecule has 0 aromatic heterocycles. The third kappa shape index (κ3) is 3.22. The Morgan fingerprint density at radius 2 is 1.09 bits per heavy atom. The summed E-state index contributed by atoms with van der Waals surface area (Å²) in [5.74, 6) is 0. The first-order chi connectivity index (χ1) is 11.3. The third-order valence-electron chi connectivity index (χ3n) is 3.88. The van der Waals surface area contributed by atoms with Crippen LogP contribution in [-0.2, 0) is 0 Å². The van der Waals surface area contributed by atoms with Gasteiger partial charge in [0.05, 0.1) is 0 Å². The monoisotopic (exact) mass is 298 g/mol. The topological polar surface area (TPSA) is 49.9 Å². The van der Waals surface area contributed by atoms with Crippen LogP contribution in [0.2, 0.25) is 0 Å². The molecule has 3 N–H and O–H groups in total. The first-order valence-electron chi connectivity index (χ1n) is 7.50. The Bertz CT molecular complexity index is 814. The van der Waals surface area contributed by atoms with E-state index in [1.165, 1.54) is 29.1 Å². The van der Waals surface area contributed by atoms with Crippen molar-refractivity contribution in [1.82, 2.24) is 0 Å². The van der Waals surface area contributed by atoms with E-state index in [9.17, 15) is 0 Å². The van der Waals surface area contributed by atoms with Crippen molar-refractivity contribution < 1.29 is 0 Å². The molecule has 3 aromatic carbocycles. The standard InChI is InChI=1S/C21H18N2/c22-14-21(15-23)20-12-10-19(11-13-20)18-8-6-17(7-9-18)16-4-2-1-3-5-16/h1-15,22H,23H2/b21-15+,22-14?. The molecule has 0 aliphatic heterocycles. The van der Waals surface area contributed by atoms with Gasteiger partial charge in [0.1, 0.15) is 0 Å². The highest BCUT2D eigenvalue weighted by atomic mass is 14.5. The summed E-state index contributed by atoms with van der Waals surface area (Å²) in [5, 5.41) is 7.35. The van der Waals surface area contributed by atoms with E-state index < -0.39 is 0 Å². The Hall–Kier alpha value is -3.13. The van der Waals surface area contributed by atoms with Crippen LogP contribution in [0.4, 0.5) is 0 Å². The zero-order valence-electron chi connectivity index (χ0n) is 12.7. The van der Waals surface area contributed by atoms with Gasteiger partial charge in [-0.05, 0) is 27.8 Å². The van der Waals surface area contributed by atoms with Crippen molar-refractivity contribution in [3.8, 4) is 22.3 Å². The van der Waals surface area contributed by atoms with E-state index in [1.54, 1.807) is 0 Å². The van der Waals surface area contributed by atoms with Gasteiger partial charge in [-0.3, -0.25) is 0 Å². The van der Waals surface area contributed by atoms with Crippen molar-refractivity contribution in [2.24, 2.45) is 5.73 Å². The molecule has 2 heteroatoms. The minimum Gasteiger partial charge on any atom is -0.404 e. The number of nitrogens with two attached hydrogens (primary N) is 1. The van der Waals surface area contributed by atoms with Gasteiger partial charge >= 0.3 is 0 Å². The summed E-state index contributed by atoms with van der Waals surface area (Å²) < 4.78 is 0. The van der Waals surface area contributed by atoms with Crippen LogP contribution in [0, 0.1) is 5.41 Å². The van der Waals surface area contributed by atoms with Gasteiger partial charge in [-0.25, -0.2) is 0 Å². The molecule has 3 aromatic rings. The zero-order valence-corrected chi connectivity index (χ0v) is 12.7. The molecule has 3 rings (SSSR count). The van der Waals surface area contributed by atoms with Crippen LogP contribution in [0.25, 0.3) is 27.8 Å². The number of nitrogens with one attached hydrogen (secondary N) is 1. The maximum Gasteiger partial charge on any atom is 0.0270 e. The Balaban J connectivity index is 1.86. The van der Waals surface area contributed by atoms with Gasteiger partial charge < -0.3 is 11.1 Å². The summed E-state index contributed by atoms with van der Waals surface area (Å²) in [4.78, 5) is 0. The second-order valence-corrected chi connectivity index (χ2v) is 5.29. The lowest BCUT2D eigenvalue weighted by molar-refractivity contribution is 1.53. The lowest BCUT2D eigenvalue weighted by atomic mass is 9.98. The fourth-order valence-corrected chi connectivity index (χ4v) is 2.57. The molecule has 0 unspecified atom stereocenters. The van der Waals surface area contributed by atoms with Gasteiger partial charge in [0.2, 0.25) is 0 Å². The Kier molecular flexibility index (Phi) is 4.34. The summed E-state index contributed by atoms with van der Waals surface area (Å²) in [5.41, 5.74) is 11.9. The van der Waals surface area contributed by atoms with Gasteiger partial charge in [0.15, 0.2) is 0 Å². The minimum atomic E-state index is 0.718. The van der Waals surface area contributed by atoms with E-state index in [1.807, 2.05) is 30.3 Å². The predicted octanol–water partition coefficient (Wildman–Crippen LogP) is 4.97. The van der Waals surface area contributed by atoms with Crippen LogP contribution in [0.5, 0.6) is 0 Å². The molecule has 112 valence electrons. The quantitative estimate of drug-likeness (QED) is 0.656. The van der Waals surface area contributed by atoms with E-state index >= 15 is 0 Å². The van der Waals surface area contributed by atoms with E-state index in [0.29, 0.717) is 0 Å². The normalized spacial score (nSPS) is 11.2. The third-order valence-corrected chi connectivity index (χ3v) is 3.88.